The van der Waals surface area contributed by atoms with Gasteiger partial charge in [0.2, 0.25) is 0 Å². The zero-order chi connectivity index (χ0) is 12.3. The first kappa shape index (κ1) is 10.6. The van der Waals surface area contributed by atoms with Gasteiger partial charge in [0.25, 0.3) is 0 Å². The first-order valence-electron chi connectivity index (χ1n) is 6.75. The number of hydrogen-bond acceptors (Lipinski definition) is 3. The van der Waals surface area contributed by atoms with Crippen LogP contribution >= 0.6 is 0 Å². The molecule has 2 bridgehead atoms. The molecule has 3 aliphatic heterocycles. The highest BCUT2D eigenvalue weighted by Crippen LogP contribution is 2.46. The highest BCUT2D eigenvalue weighted by atomic mass is 16.5. The number of hydrogen-bond donors (Lipinski definition) is 1. The van der Waals surface area contributed by atoms with Crippen molar-refractivity contribution in [3.05, 3.63) is 29.3 Å². The molecule has 3 heteroatoms. The Morgan fingerprint density at radius 1 is 1.39 bits per heavy atom. The van der Waals surface area contributed by atoms with Crippen molar-refractivity contribution in [3.8, 4) is 5.75 Å². The number of carbonyl (C=O) groups is 1. The number of rotatable bonds is 0. The van der Waals surface area contributed by atoms with Crippen molar-refractivity contribution < 1.29 is 9.53 Å². The van der Waals surface area contributed by atoms with E-state index < -0.39 is 0 Å². The quantitative estimate of drug-likeness (QED) is 0.759. The average molecular weight is 243 g/mol. The predicted octanol–water partition coefficient (Wildman–Crippen LogP) is 2.22. The summed E-state index contributed by atoms with van der Waals surface area (Å²) in [6.45, 7) is 2.01. The molecule has 0 saturated carbocycles. The van der Waals surface area contributed by atoms with Crippen LogP contribution in [0.25, 0.3) is 0 Å². The van der Waals surface area contributed by atoms with Crippen LogP contribution in [-0.4, -0.2) is 23.5 Å². The van der Waals surface area contributed by atoms with Gasteiger partial charge < -0.3 is 10.1 Å². The molecule has 4 rings (SSSR count). The van der Waals surface area contributed by atoms with E-state index in [0.29, 0.717) is 18.5 Å². The van der Waals surface area contributed by atoms with E-state index in [9.17, 15) is 4.79 Å². The third-order valence-corrected chi connectivity index (χ3v) is 4.68. The highest BCUT2D eigenvalue weighted by Gasteiger charge is 2.55. The van der Waals surface area contributed by atoms with Crippen molar-refractivity contribution in [2.24, 2.45) is 0 Å². The Labute approximate surface area is 107 Å². The van der Waals surface area contributed by atoms with Crippen LogP contribution in [0.5, 0.6) is 5.75 Å². The van der Waals surface area contributed by atoms with E-state index >= 15 is 0 Å². The molecule has 18 heavy (non-hydrogen) atoms. The molecule has 1 aromatic carbocycles. The highest BCUT2D eigenvalue weighted by molar-refractivity contribution is 6.00. The van der Waals surface area contributed by atoms with Crippen molar-refractivity contribution in [1.29, 1.82) is 0 Å². The Hall–Kier alpha value is -1.35. The van der Waals surface area contributed by atoms with Crippen molar-refractivity contribution in [3.63, 3.8) is 0 Å². The van der Waals surface area contributed by atoms with Crippen LogP contribution in [0, 0.1) is 6.92 Å². The van der Waals surface area contributed by atoms with E-state index in [1.807, 2.05) is 25.1 Å². The molecule has 0 unspecified atom stereocenters. The molecule has 0 aromatic heterocycles. The number of nitrogens with one attached hydrogen (secondary N) is 1. The lowest BCUT2D eigenvalue weighted by Gasteiger charge is -2.40. The van der Waals surface area contributed by atoms with Crippen molar-refractivity contribution in [2.45, 2.75) is 50.3 Å². The average Bonchev–Trinajstić information content (AvgIpc) is 2.91. The molecule has 1 spiro atoms. The molecule has 2 saturated heterocycles. The topological polar surface area (TPSA) is 38.3 Å². The Balaban J connectivity index is 1.76. The van der Waals surface area contributed by atoms with Gasteiger partial charge in [-0.1, -0.05) is 11.6 Å². The Bertz CT molecular complexity index is 539. The predicted molar refractivity (Wildman–Crippen MR) is 68.0 cm³/mol. The smallest absolute Gasteiger partial charge is 0.170 e. The van der Waals surface area contributed by atoms with E-state index in [1.165, 1.54) is 6.42 Å². The monoisotopic (exact) mass is 243 g/mol. The molecule has 1 N–H and O–H groups in total. The Morgan fingerprint density at radius 2 is 2.28 bits per heavy atom. The Morgan fingerprint density at radius 3 is 3.00 bits per heavy atom. The number of ether oxygens (including phenoxy) is 1. The minimum atomic E-state index is -0.262. The molecule has 3 atom stereocenters. The van der Waals surface area contributed by atoms with Gasteiger partial charge >= 0.3 is 0 Å². The molecule has 0 aliphatic carbocycles. The van der Waals surface area contributed by atoms with Gasteiger partial charge in [-0.3, -0.25) is 4.79 Å². The van der Waals surface area contributed by atoms with Crippen LogP contribution in [0.15, 0.2) is 18.2 Å². The minimum absolute atomic E-state index is 0.245. The van der Waals surface area contributed by atoms with Crippen LogP contribution in [-0.2, 0) is 0 Å². The zero-order valence-electron chi connectivity index (χ0n) is 10.5. The SMILES string of the molecule is Cc1ccc2c(c1)C(=O)C[C@]1(C[C@@H]3CC[C@@H]1N3)O2. The van der Waals surface area contributed by atoms with Crippen molar-refractivity contribution >= 4 is 5.78 Å². The Kier molecular flexibility index (Phi) is 1.97. The first-order valence-corrected chi connectivity index (χ1v) is 6.75. The third-order valence-electron chi connectivity index (χ3n) is 4.68. The van der Waals surface area contributed by atoms with Gasteiger partial charge in [-0.15, -0.1) is 0 Å². The molecule has 0 amide bonds. The fraction of sp³-hybridized carbons (Fsp3) is 0.533. The van der Waals surface area contributed by atoms with Gasteiger partial charge in [0.1, 0.15) is 11.4 Å². The molecule has 2 fully saturated rings. The minimum Gasteiger partial charge on any atom is -0.484 e. The van der Waals surface area contributed by atoms with Gasteiger partial charge in [0.05, 0.1) is 12.0 Å². The van der Waals surface area contributed by atoms with Crippen molar-refractivity contribution in [2.75, 3.05) is 0 Å². The number of Topliss-reactive ketones (excluding diaryl/α,β-unsaturated/α-hetero) is 1. The second kappa shape index (κ2) is 3.35. The van der Waals surface area contributed by atoms with Gasteiger partial charge in [-0.2, -0.15) is 0 Å². The summed E-state index contributed by atoms with van der Waals surface area (Å²) in [7, 11) is 0. The lowest BCUT2D eigenvalue weighted by Crippen LogP contribution is -2.51. The molecule has 0 radical (unpaired) electrons. The van der Waals surface area contributed by atoms with E-state index in [2.05, 4.69) is 5.32 Å². The largest absolute Gasteiger partial charge is 0.484 e. The maximum Gasteiger partial charge on any atom is 0.170 e. The summed E-state index contributed by atoms with van der Waals surface area (Å²) in [4.78, 5) is 12.4. The van der Waals surface area contributed by atoms with Gasteiger partial charge in [-0.05, 0) is 31.9 Å². The second-order valence-electron chi connectivity index (χ2n) is 5.96. The van der Waals surface area contributed by atoms with Crippen LogP contribution < -0.4 is 10.1 Å². The second-order valence-corrected chi connectivity index (χ2v) is 5.96. The normalized spacial score (nSPS) is 36.8. The van der Waals surface area contributed by atoms with Crippen LogP contribution in [0.4, 0.5) is 0 Å². The van der Waals surface area contributed by atoms with Crippen LogP contribution in [0.3, 0.4) is 0 Å². The summed E-state index contributed by atoms with van der Waals surface area (Å²) >= 11 is 0. The van der Waals surface area contributed by atoms with E-state index in [-0.39, 0.29) is 11.4 Å². The number of fused-ring (bicyclic) bond motifs is 4. The van der Waals surface area contributed by atoms with Crippen molar-refractivity contribution in [1.82, 2.24) is 5.32 Å². The van der Waals surface area contributed by atoms with Gasteiger partial charge in [-0.25, -0.2) is 0 Å². The maximum atomic E-state index is 12.4. The number of aryl methyl sites for hydroxylation is 1. The molecular formula is C15H17NO2. The van der Waals surface area contributed by atoms with E-state index in [4.69, 9.17) is 4.74 Å². The fourth-order valence-corrected chi connectivity index (χ4v) is 3.84. The standard InChI is InChI=1S/C15H17NO2/c1-9-2-4-13-11(6-9)12(17)8-15(18-13)7-10-3-5-14(15)16-10/h2,4,6,10,14,16H,3,5,7-8H2,1H3/t10-,14-,15-/m0/s1. The molecule has 3 aliphatic rings. The van der Waals surface area contributed by atoms with Gasteiger partial charge in [0.15, 0.2) is 5.78 Å². The zero-order valence-corrected chi connectivity index (χ0v) is 10.5. The molecule has 94 valence electrons. The lowest BCUT2D eigenvalue weighted by molar-refractivity contribution is 0.0232. The number of benzene rings is 1. The van der Waals surface area contributed by atoms with E-state index in [1.54, 1.807) is 0 Å². The summed E-state index contributed by atoms with van der Waals surface area (Å²) in [5.41, 5.74) is 1.62. The van der Waals surface area contributed by atoms with Crippen LogP contribution in [0.2, 0.25) is 0 Å². The summed E-state index contributed by atoms with van der Waals surface area (Å²) in [6, 6.07) is 6.84. The van der Waals surface area contributed by atoms with Crippen LogP contribution in [0.1, 0.15) is 41.6 Å². The summed E-state index contributed by atoms with van der Waals surface area (Å²) in [5, 5.41) is 3.57. The van der Waals surface area contributed by atoms with E-state index in [0.717, 1.165) is 29.7 Å². The lowest BCUT2D eigenvalue weighted by atomic mass is 9.78. The first-order chi connectivity index (χ1) is 8.66. The number of carbonyl (C=O) groups excluding carboxylic acids is 1. The van der Waals surface area contributed by atoms with Gasteiger partial charge in [0, 0.05) is 18.5 Å². The summed E-state index contributed by atoms with van der Waals surface area (Å²) in [5.74, 6) is 1.03. The molecule has 3 heterocycles. The number of ketones is 1. The molecule has 1 aromatic rings. The fourth-order valence-electron chi connectivity index (χ4n) is 3.84. The summed E-state index contributed by atoms with van der Waals surface area (Å²) in [6.07, 6.45) is 3.89. The maximum absolute atomic E-state index is 12.4. The molecular weight excluding hydrogens is 226 g/mol. The summed E-state index contributed by atoms with van der Waals surface area (Å²) < 4.78 is 6.26. The third kappa shape index (κ3) is 1.31. The molecule has 3 nitrogen and oxygen atoms in total.